The van der Waals surface area contributed by atoms with Crippen molar-refractivity contribution in [2.75, 3.05) is 0 Å². The summed E-state index contributed by atoms with van der Waals surface area (Å²) in [6, 6.07) is 8.10. The van der Waals surface area contributed by atoms with E-state index in [1.807, 2.05) is 12.1 Å². The summed E-state index contributed by atoms with van der Waals surface area (Å²) < 4.78 is 0. The molecule has 92 valence electrons. The van der Waals surface area contributed by atoms with E-state index >= 15 is 0 Å². The molecule has 0 aliphatic heterocycles. The third-order valence-electron chi connectivity index (χ3n) is 3.90. The Morgan fingerprint density at radius 2 is 1.94 bits per heavy atom. The van der Waals surface area contributed by atoms with E-state index in [0.29, 0.717) is 0 Å². The van der Waals surface area contributed by atoms with Gasteiger partial charge in [-0.25, -0.2) is 0 Å². The Balaban J connectivity index is 2.43. The Hall–Kier alpha value is -1.31. The van der Waals surface area contributed by atoms with Gasteiger partial charge in [0, 0.05) is 0 Å². The van der Waals surface area contributed by atoms with Crippen LogP contribution in [-0.2, 0) is 15.6 Å². The summed E-state index contributed by atoms with van der Waals surface area (Å²) in [7, 11) is 0. The second-order valence-electron chi connectivity index (χ2n) is 6.07. The van der Waals surface area contributed by atoms with Crippen LogP contribution in [0.2, 0.25) is 0 Å². The minimum atomic E-state index is -0.671. The number of carboxylic acid groups (broad SMARTS) is 1. The van der Waals surface area contributed by atoms with Gasteiger partial charge in [-0.05, 0) is 29.4 Å². The van der Waals surface area contributed by atoms with Gasteiger partial charge in [0.05, 0.1) is 5.41 Å². The summed E-state index contributed by atoms with van der Waals surface area (Å²) in [6.07, 6.45) is 2.57. The lowest BCUT2D eigenvalue weighted by Crippen LogP contribution is -2.42. The molecule has 1 fully saturated rings. The molecule has 1 aromatic carbocycles. The first kappa shape index (κ1) is 12.2. The maximum Gasteiger partial charge on any atom is 0.314 e. The number of rotatable bonds is 2. The zero-order chi connectivity index (χ0) is 12.7. The van der Waals surface area contributed by atoms with E-state index in [9.17, 15) is 9.90 Å². The molecule has 2 rings (SSSR count). The monoisotopic (exact) mass is 232 g/mol. The normalized spacial score (nSPS) is 18.5. The highest BCUT2D eigenvalue weighted by Crippen LogP contribution is 2.44. The van der Waals surface area contributed by atoms with E-state index in [2.05, 4.69) is 32.9 Å². The molecule has 0 heterocycles. The molecular formula is C15H20O2. The highest BCUT2D eigenvalue weighted by atomic mass is 16.4. The van der Waals surface area contributed by atoms with Gasteiger partial charge in [-0.2, -0.15) is 0 Å². The molecular weight excluding hydrogens is 212 g/mol. The number of hydrogen-bond acceptors (Lipinski definition) is 1. The van der Waals surface area contributed by atoms with Crippen LogP contribution in [0, 0.1) is 0 Å². The lowest BCUT2D eigenvalue weighted by Gasteiger charge is -2.38. The highest BCUT2D eigenvalue weighted by molar-refractivity contribution is 5.82. The smallest absolute Gasteiger partial charge is 0.314 e. The molecule has 17 heavy (non-hydrogen) atoms. The number of hydrogen-bond donors (Lipinski definition) is 1. The molecule has 0 atom stereocenters. The highest BCUT2D eigenvalue weighted by Gasteiger charge is 2.46. The van der Waals surface area contributed by atoms with Gasteiger partial charge in [0.25, 0.3) is 0 Å². The van der Waals surface area contributed by atoms with Crippen LogP contribution in [0.3, 0.4) is 0 Å². The third kappa shape index (κ3) is 1.97. The number of carboxylic acids is 1. The van der Waals surface area contributed by atoms with Crippen molar-refractivity contribution in [3.8, 4) is 0 Å². The third-order valence-corrected chi connectivity index (χ3v) is 3.90. The minimum Gasteiger partial charge on any atom is -0.481 e. The summed E-state index contributed by atoms with van der Waals surface area (Å²) in [4.78, 5) is 11.5. The van der Waals surface area contributed by atoms with Gasteiger partial charge in [0.1, 0.15) is 0 Å². The van der Waals surface area contributed by atoms with Crippen molar-refractivity contribution in [2.24, 2.45) is 0 Å². The molecule has 0 radical (unpaired) electrons. The van der Waals surface area contributed by atoms with E-state index < -0.39 is 11.4 Å². The minimum absolute atomic E-state index is 0.0689. The fourth-order valence-electron chi connectivity index (χ4n) is 2.44. The first-order valence-electron chi connectivity index (χ1n) is 6.21. The van der Waals surface area contributed by atoms with Crippen molar-refractivity contribution in [2.45, 2.75) is 50.9 Å². The van der Waals surface area contributed by atoms with Gasteiger partial charge < -0.3 is 5.11 Å². The van der Waals surface area contributed by atoms with Crippen LogP contribution < -0.4 is 0 Å². The zero-order valence-corrected chi connectivity index (χ0v) is 10.8. The fourth-order valence-corrected chi connectivity index (χ4v) is 2.44. The summed E-state index contributed by atoms with van der Waals surface area (Å²) in [5.41, 5.74) is 1.65. The Morgan fingerprint density at radius 1 is 1.29 bits per heavy atom. The first-order valence-corrected chi connectivity index (χ1v) is 6.21. The maximum absolute atomic E-state index is 11.5. The molecule has 0 spiro atoms. The van der Waals surface area contributed by atoms with Crippen LogP contribution in [-0.4, -0.2) is 11.1 Å². The number of benzene rings is 1. The van der Waals surface area contributed by atoms with Crippen LogP contribution in [0.25, 0.3) is 0 Å². The molecule has 1 saturated carbocycles. The van der Waals surface area contributed by atoms with Crippen molar-refractivity contribution in [3.05, 3.63) is 35.4 Å². The first-order chi connectivity index (χ1) is 7.86. The Labute approximate surface area is 103 Å². The van der Waals surface area contributed by atoms with Crippen LogP contribution in [0.4, 0.5) is 0 Å². The molecule has 1 aliphatic carbocycles. The van der Waals surface area contributed by atoms with Crippen LogP contribution in [0.15, 0.2) is 24.3 Å². The Bertz CT molecular complexity index is 436. The molecule has 0 saturated heterocycles. The second kappa shape index (κ2) is 3.86. The van der Waals surface area contributed by atoms with Crippen molar-refractivity contribution in [1.82, 2.24) is 0 Å². The van der Waals surface area contributed by atoms with Gasteiger partial charge in [-0.15, -0.1) is 0 Å². The number of aliphatic carboxylic acids is 1. The molecule has 1 N–H and O–H groups in total. The molecule has 0 amide bonds. The average molecular weight is 232 g/mol. The van der Waals surface area contributed by atoms with Crippen LogP contribution in [0.1, 0.15) is 51.2 Å². The van der Waals surface area contributed by atoms with E-state index in [4.69, 9.17) is 0 Å². The van der Waals surface area contributed by atoms with E-state index in [0.717, 1.165) is 24.8 Å². The molecule has 1 aliphatic rings. The van der Waals surface area contributed by atoms with Gasteiger partial charge in [0.15, 0.2) is 0 Å². The molecule has 0 unspecified atom stereocenters. The topological polar surface area (TPSA) is 37.3 Å². The largest absolute Gasteiger partial charge is 0.481 e. The van der Waals surface area contributed by atoms with E-state index in [1.165, 1.54) is 5.56 Å². The summed E-state index contributed by atoms with van der Waals surface area (Å²) in [5.74, 6) is -0.671. The van der Waals surface area contributed by atoms with E-state index in [-0.39, 0.29) is 5.41 Å². The predicted molar refractivity (Wildman–Crippen MR) is 68.3 cm³/mol. The van der Waals surface area contributed by atoms with Gasteiger partial charge in [-0.3, -0.25) is 4.79 Å². The quantitative estimate of drug-likeness (QED) is 0.847. The van der Waals surface area contributed by atoms with Gasteiger partial charge >= 0.3 is 5.97 Å². The lowest BCUT2D eigenvalue weighted by atomic mass is 9.64. The maximum atomic E-state index is 11.5. The van der Waals surface area contributed by atoms with Crippen molar-refractivity contribution in [1.29, 1.82) is 0 Å². The molecule has 1 aromatic rings. The van der Waals surface area contributed by atoms with Crippen molar-refractivity contribution < 1.29 is 9.90 Å². The van der Waals surface area contributed by atoms with Crippen LogP contribution >= 0.6 is 0 Å². The summed E-state index contributed by atoms with van der Waals surface area (Å²) in [5, 5.41) is 9.43. The molecule has 2 nitrogen and oxygen atoms in total. The molecule has 0 aromatic heterocycles. The van der Waals surface area contributed by atoms with Crippen molar-refractivity contribution >= 4 is 5.97 Å². The lowest BCUT2D eigenvalue weighted by molar-refractivity contribution is -0.147. The fraction of sp³-hybridized carbons (Fsp3) is 0.533. The molecule has 2 heteroatoms. The Kier molecular flexibility index (Phi) is 2.76. The van der Waals surface area contributed by atoms with Gasteiger partial charge in [-0.1, -0.05) is 51.5 Å². The second-order valence-corrected chi connectivity index (χ2v) is 6.07. The summed E-state index contributed by atoms with van der Waals surface area (Å²) in [6.45, 7) is 6.46. The van der Waals surface area contributed by atoms with E-state index in [1.54, 1.807) is 0 Å². The Morgan fingerprint density at radius 3 is 2.35 bits per heavy atom. The number of carbonyl (C=O) groups is 1. The van der Waals surface area contributed by atoms with Crippen LogP contribution in [0.5, 0.6) is 0 Å². The predicted octanol–water partition coefficient (Wildman–Crippen LogP) is 3.49. The van der Waals surface area contributed by atoms with Crippen molar-refractivity contribution in [3.63, 3.8) is 0 Å². The average Bonchev–Trinajstić information content (AvgIpc) is 2.14. The standard InChI is InChI=1S/C15H20O2/c1-14(2,3)11-6-4-7-12(10-11)15(13(16)17)8-5-9-15/h4,6-7,10H,5,8-9H2,1-3H3,(H,16,17). The molecule has 0 bridgehead atoms. The van der Waals surface area contributed by atoms with Gasteiger partial charge in [0.2, 0.25) is 0 Å². The summed E-state index contributed by atoms with van der Waals surface area (Å²) >= 11 is 0. The zero-order valence-electron chi connectivity index (χ0n) is 10.8. The SMILES string of the molecule is CC(C)(C)c1cccc(C2(C(=O)O)CCC2)c1.